The Labute approximate surface area is 510 Å². The summed E-state index contributed by atoms with van der Waals surface area (Å²) in [6.45, 7) is 2.69. The Bertz CT molecular complexity index is 1730. The highest BCUT2D eigenvalue weighted by atomic mass is 16.7. The zero-order chi connectivity index (χ0) is 60.9. The predicted molar refractivity (Wildman–Crippen MR) is 341 cm³/mol. The maximum Gasteiger partial charge on any atom is 0.220 e. The molecule has 2 rings (SSSR count). The molecule has 2 fully saturated rings. The van der Waals surface area contributed by atoms with E-state index in [1.54, 1.807) is 6.08 Å². The normalized spacial score (nSPS) is 24.2. The monoisotopic (exact) mass is 1190 g/mol. The number of nitrogens with one attached hydrogen (secondary N) is 1. The summed E-state index contributed by atoms with van der Waals surface area (Å²) in [6, 6.07) is -0.917. The fourth-order valence-corrected chi connectivity index (χ4v) is 10.7. The molecule has 12 unspecified atom stereocenters. The van der Waals surface area contributed by atoms with Crippen LogP contribution in [0.4, 0.5) is 0 Å². The van der Waals surface area contributed by atoms with Crippen molar-refractivity contribution in [2.24, 2.45) is 0 Å². The van der Waals surface area contributed by atoms with Crippen molar-refractivity contribution in [2.45, 2.75) is 331 Å². The Kier molecular flexibility index (Phi) is 50.0. The summed E-state index contributed by atoms with van der Waals surface area (Å²) in [5.41, 5.74) is 0. The number of allylic oxidation sites excluding steroid dienone is 13. The zero-order valence-electron chi connectivity index (χ0n) is 52.6. The van der Waals surface area contributed by atoms with Crippen molar-refractivity contribution in [1.29, 1.82) is 0 Å². The summed E-state index contributed by atoms with van der Waals surface area (Å²) < 4.78 is 22.8. The van der Waals surface area contributed by atoms with Gasteiger partial charge in [0.05, 0.1) is 32.0 Å². The summed E-state index contributed by atoms with van der Waals surface area (Å²) >= 11 is 0. The Morgan fingerprint density at radius 3 is 1.26 bits per heavy atom. The van der Waals surface area contributed by atoms with Gasteiger partial charge in [-0.05, 0) is 70.6 Å². The Balaban J connectivity index is 1.63. The molecule has 2 aliphatic rings. The lowest BCUT2D eigenvalue weighted by molar-refractivity contribution is -0.359. The van der Waals surface area contributed by atoms with Crippen molar-refractivity contribution in [3.05, 3.63) is 85.1 Å². The fourth-order valence-electron chi connectivity index (χ4n) is 10.7. The lowest BCUT2D eigenvalue weighted by atomic mass is 9.97. The molecule has 12 atom stereocenters. The minimum Gasteiger partial charge on any atom is -0.394 e. The van der Waals surface area contributed by atoms with Crippen LogP contribution in [0.25, 0.3) is 0 Å². The van der Waals surface area contributed by atoms with Gasteiger partial charge in [-0.25, -0.2) is 0 Å². The number of hydrogen-bond acceptors (Lipinski definition) is 13. The Hall–Kier alpha value is -2.83. The second kappa shape index (κ2) is 54.3. The molecule has 0 aromatic heterocycles. The molecule has 2 heterocycles. The first-order valence-corrected chi connectivity index (χ1v) is 33.8. The van der Waals surface area contributed by atoms with Crippen LogP contribution in [0.5, 0.6) is 0 Å². The Morgan fingerprint density at radius 1 is 0.440 bits per heavy atom. The van der Waals surface area contributed by atoms with Gasteiger partial charge in [-0.3, -0.25) is 4.79 Å². The Morgan fingerprint density at radius 2 is 0.821 bits per heavy atom. The molecule has 0 bridgehead atoms. The van der Waals surface area contributed by atoms with Crippen molar-refractivity contribution >= 4 is 5.91 Å². The van der Waals surface area contributed by atoms with Crippen LogP contribution in [0.2, 0.25) is 0 Å². The summed E-state index contributed by atoms with van der Waals surface area (Å²) in [5, 5.41) is 87.2. The molecule has 14 heteroatoms. The number of carbonyl (C=O) groups is 1. The zero-order valence-corrected chi connectivity index (χ0v) is 52.6. The third-order valence-electron chi connectivity index (χ3n) is 16.1. The van der Waals surface area contributed by atoms with E-state index in [0.29, 0.717) is 6.42 Å². The predicted octanol–water partition coefficient (Wildman–Crippen LogP) is 13.2. The van der Waals surface area contributed by atoms with Gasteiger partial charge in [-0.2, -0.15) is 0 Å². The smallest absolute Gasteiger partial charge is 0.220 e. The molecule has 0 spiro atoms. The number of ether oxygens (including phenoxy) is 4. The van der Waals surface area contributed by atoms with Gasteiger partial charge >= 0.3 is 0 Å². The topological polar surface area (TPSA) is 228 Å². The van der Waals surface area contributed by atoms with E-state index in [-0.39, 0.29) is 18.9 Å². The lowest BCUT2D eigenvalue weighted by Gasteiger charge is -2.46. The van der Waals surface area contributed by atoms with Crippen LogP contribution in [-0.4, -0.2) is 140 Å². The van der Waals surface area contributed by atoms with E-state index in [1.165, 1.54) is 154 Å². The molecule has 0 radical (unpaired) electrons. The minimum atomic E-state index is -1.79. The van der Waals surface area contributed by atoms with Crippen LogP contribution in [0.3, 0.4) is 0 Å². The molecule has 9 N–H and O–H groups in total. The lowest BCUT2D eigenvalue weighted by Crippen LogP contribution is -2.65. The molecule has 84 heavy (non-hydrogen) atoms. The molecule has 0 saturated carbocycles. The molecular formula is C70H123NO13. The summed E-state index contributed by atoms with van der Waals surface area (Å²) in [4.78, 5) is 13.3. The van der Waals surface area contributed by atoms with E-state index in [4.69, 9.17) is 18.9 Å². The highest BCUT2D eigenvalue weighted by Crippen LogP contribution is 2.30. The minimum absolute atomic E-state index is 0.240. The second-order valence-electron chi connectivity index (χ2n) is 23.6. The summed E-state index contributed by atoms with van der Waals surface area (Å²) in [7, 11) is 0. The van der Waals surface area contributed by atoms with Crippen molar-refractivity contribution in [1.82, 2.24) is 5.32 Å². The first-order chi connectivity index (χ1) is 41.1. The molecule has 2 saturated heterocycles. The average molecular weight is 1190 g/mol. The summed E-state index contributed by atoms with van der Waals surface area (Å²) in [5.74, 6) is -0.240. The van der Waals surface area contributed by atoms with Gasteiger partial charge in [0.15, 0.2) is 12.6 Å². The van der Waals surface area contributed by atoms with Gasteiger partial charge in [0.2, 0.25) is 5.91 Å². The third kappa shape index (κ3) is 38.4. The van der Waals surface area contributed by atoms with Crippen molar-refractivity contribution < 1.29 is 64.6 Å². The van der Waals surface area contributed by atoms with E-state index in [2.05, 4.69) is 92.1 Å². The van der Waals surface area contributed by atoms with Gasteiger partial charge in [0.1, 0.15) is 48.8 Å². The highest BCUT2D eigenvalue weighted by Gasteiger charge is 2.51. The van der Waals surface area contributed by atoms with Crippen molar-refractivity contribution in [3.8, 4) is 0 Å². The summed E-state index contributed by atoms with van der Waals surface area (Å²) in [6.07, 6.45) is 57.8. The third-order valence-corrected chi connectivity index (χ3v) is 16.1. The van der Waals surface area contributed by atoms with Crippen LogP contribution >= 0.6 is 0 Å². The molecule has 0 aromatic carbocycles. The molecule has 1 amide bonds. The van der Waals surface area contributed by atoms with Crippen LogP contribution in [0, 0.1) is 0 Å². The van der Waals surface area contributed by atoms with Gasteiger partial charge in [0.25, 0.3) is 0 Å². The number of hydrogen-bond donors (Lipinski definition) is 9. The number of amides is 1. The molecular weight excluding hydrogens is 1060 g/mol. The SMILES string of the molecule is CC/C=C\C/C=C\C/C=C\C/C=C\C/C=C\C/C=C\CCCCCCCCCCCCCCCCCCC(=O)NC(COC1OC(CO)C(OC2OC(CO)C(O)C(O)C2O)C(O)C1O)C(O)/C=C/CCCCCCCCCCCCCCC. The standard InChI is InChI=1S/C70H123NO13/c1-3-5-7-9-11-13-15-17-19-20-21-22-23-24-25-26-27-28-29-30-31-32-33-34-35-36-37-38-40-42-44-46-48-50-52-54-62(75)71-58(59(74)53-51-49-47-45-43-41-39-18-16-14-12-10-8-6-4-2)57-81-69-67(80)65(78)68(61(56-73)83-69)84-70-66(79)64(77)63(76)60(55-72)82-70/h5,7,11,13,17,19,21-22,24-25,27-28,51,53,58-61,63-70,72-74,76-80H,3-4,6,8-10,12,14-16,18,20,23,26,29-50,52,54-57H2,1-2H3,(H,71,75)/b7-5-,13-11-,19-17-,22-21-,25-24-,28-27-,53-51+. The van der Waals surface area contributed by atoms with Gasteiger partial charge in [0, 0.05) is 6.42 Å². The number of aliphatic hydroxyl groups is 8. The number of rotatable bonds is 54. The molecule has 2 aliphatic heterocycles. The number of carbonyl (C=O) groups excluding carboxylic acids is 1. The molecule has 486 valence electrons. The van der Waals surface area contributed by atoms with Crippen LogP contribution in [0.1, 0.15) is 258 Å². The molecule has 14 nitrogen and oxygen atoms in total. The maximum atomic E-state index is 13.3. The van der Waals surface area contributed by atoms with Crippen LogP contribution in [-0.2, 0) is 23.7 Å². The second-order valence-corrected chi connectivity index (χ2v) is 23.6. The quantitative estimate of drug-likeness (QED) is 0.0204. The average Bonchev–Trinajstić information content (AvgIpc) is 3.23. The number of aliphatic hydroxyl groups excluding tert-OH is 8. The first kappa shape index (κ1) is 77.3. The highest BCUT2D eigenvalue weighted by molar-refractivity contribution is 5.76. The fraction of sp³-hybridized carbons (Fsp3) is 0.786. The van der Waals surface area contributed by atoms with Gasteiger partial charge < -0.3 is 65.1 Å². The largest absolute Gasteiger partial charge is 0.394 e. The first-order valence-electron chi connectivity index (χ1n) is 33.8. The van der Waals surface area contributed by atoms with Crippen molar-refractivity contribution in [2.75, 3.05) is 19.8 Å². The van der Waals surface area contributed by atoms with Gasteiger partial charge in [-0.1, -0.05) is 266 Å². The van der Waals surface area contributed by atoms with Gasteiger partial charge in [-0.15, -0.1) is 0 Å². The maximum absolute atomic E-state index is 13.3. The van der Waals surface area contributed by atoms with Crippen LogP contribution in [0.15, 0.2) is 85.1 Å². The van der Waals surface area contributed by atoms with Crippen LogP contribution < -0.4 is 5.32 Å². The van der Waals surface area contributed by atoms with E-state index >= 15 is 0 Å². The van der Waals surface area contributed by atoms with E-state index in [9.17, 15) is 45.6 Å². The van der Waals surface area contributed by atoms with Crippen molar-refractivity contribution in [3.63, 3.8) is 0 Å². The molecule has 0 aliphatic carbocycles. The number of unbranched alkanes of at least 4 members (excludes halogenated alkanes) is 29. The van der Waals surface area contributed by atoms with E-state index < -0.39 is 86.8 Å². The van der Waals surface area contributed by atoms with E-state index in [0.717, 1.165) is 77.0 Å². The molecule has 0 aromatic rings. The van der Waals surface area contributed by atoms with E-state index in [1.807, 2.05) is 6.08 Å².